The summed E-state index contributed by atoms with van der Waals surface area (Å²) in [5, 5.41) is 24.3. The van der Waals surface area contributed by atoms with Crippen LogP contribution < -0.4 is 0 Å². The molecule has 0 fully saturated rings. The van der Waals surface area contributed by atoms with Crippen molar-refractivity contribution in [3.05, 3.63) is 65.7 Å². The highest BCUT2D eigenvalue weighted by atomic mass is 16.4. The maximum absolute atomic E-state index is 11.9. The molecule has 6 heteroatoms. The van der Waals surface area contributed by atoms with Crippen LogP contribution in [0.3, 0.4) is 0 Å². The molecule has 0 radical (unpaired) electrons. The van der Waals surface area contributed by atoms with Gasteiger partial charge in [-0.25, -0.2) is 9.59 Å². The molecular weight excluding hydrogens is 300 g/mol. The summed E-state index contributed by atoms with van der Waals surface area (Å²) in [5.41, 5.74) is 0.919. The normalized spacial score (nSPS) is 8.61. The van der Waals surface area contributed by atoms with E-state index >= 15 is 0 Å². The van der Waals surface area contributed by atoms with E-state index < -0.39 is 11.9 Å². The fourth-order valence-corrected chi connectivity index (χ4v) is 1.41. The second kappa shape index (κ2) is 10.6. The maximum atomic E-state index is 11.9. The van der Waals surface area contributed by atoms with E-state index in [1.807, 2.05) is 19.9 Å². The molecule has 0 heterocycles. The molecule has 122 valence electrons. The third-order valence-electron chi connectivity index (χ3n) is 2.37. The predicted octanol–water partition coefficient (Wildman–Crippen LogP) is 2.81. The molecule has 0 aromatic heterocycles. The lowest BCUT2D eigenvalue weighted by Gasteiger charge is -2.02. The van der Waals surface area contributed by atoms with Crippen molar-refractivity contribution in [1.82, 2.24) is 0 Å². The number of carboxylic acids is 2. The van der Waals surface area contributed by atoms with Crippen LogP contribution in [0.25, 0.3) is 0 Å². The zero-order chi connectivity index (χ0) is 17.8. The molecule has 0 saturated heterocycles. The molecule has 23 heavy (non-hydrogen) atoms. The highest BCUT2D eigenvalue weighted by Crippen LogP contribution is 2.19. The summed E-state index contributed by atoms with van der Waals surface area (Å²) < 4.78 is 0. The molecule has 0 atom stereocenters. The van der Waals surface area contributed by atoms with Gasteiger partial charge in [-0.2, -0.15) is 0 Å². The van der Waals surface area contributed by atoms with Crippen molar-refractivity contribution < 1.29 is 29.7 Å². The molecule has 0 spiro atoms. The molecule has 0 aliphatic carbocycles. The number of aliphatic carboxylic acids is 2. The van der Waals surface area contributed by atoms with Gasteiger partial charge in [-0.3, -0.25) is 4.79 Å². The monoisotopic (exact) mass is 318 g/mol. The molecule has 6 nitrogen and oxygen atoms in total. The second-order valence-electron chi connectivity index (χ2n) is 3.82. The van der Waals surface area contributed by atoms with Crippen LogP contribution in [0.5, 0.6) is 5.75 Å². The molecular formula is C17H18O6. The van der Waals surface area contributed by atoms with Gasteiger partial charge in [-0.1, -0.05) is 56.3 Å². The lowest BCUT2D eigenvalue weighted by molar-refractivity contribution is -0.159. The predicted molar refractivity (Wildman–Crippen MR) is 84.6 cm³/mol. The summed E-state index contributed by atoms with van der Waals surface area (Å²) in [7, 11) is 0. The lowest BCUT2D eigenvalue weighted by atomic mass is 10.0. The van der Waals surface area contributed by atoms with E-state index in [9.17, 15) is 9.90 Å². The van der Waals surface area contributed by atoms with Crippen LogP contribution in [-0.2, 0) is 9.59 Å². The second-order valence-corrected chi connectivity index (χ2v) is 3.82. The molecule has 0 amide bonds. The first-order valence-electron chi connectivity index (χ1n) is 6.77. The Morgan fingerprint density at radius 1 is 0.739 bits per heavy atom. The summed E-state index contributed by atoms with van der Waals surface area (Å²) >= 11 is 0. The summed E-state index contributed by atoms with van der Waals surface area (Å²) in [4.78, 5) is 30.1. The van der Waals surface area contributed by atoms with Gasteiger partial charge in [0, 0.05) is 5.56 Å². The molecule has 0 bridgehead atoms. The van der Waals surface area contributed by atoms with Crippen molar-refractivity contribution in [1.29, 1.82) is 0 Å². The number of hydrogen-bond acceptors (Lipinski definition) is 4. The van der Waals surface area contributed by atoms with Crippen LogP contribution in [0.4, 0.5) is 0 Å². The van der Waals surface area contributed by atoms with Gasteiger partial charge in [-0.15, -0.1) is 0 Å². The summed E-state index contributed by atoms with van der Waals surface area (Å²) in [6.07, 6.45) is 0. The summed E-state index contributed by atoms with van der Waals surface area (Å²) in [5.74, 6) is -3.79. The van der Waals surface area contributed by atoms with E-state index in [1.165, 1.54) is 6.07 Å². The molecule has 3 N–H and O–H groups in total. The molecule has 0 aliphatic heterocycles. The lowest BCUT2D eigenvalue weighted by Crippen LogP contribution is -2.09. The zero-order valence-electron chi connectivity index (χ0n) is 12.8. The van der Waals surface area contributed by atoms with Gasteiger partial charge in [0.25, 0.3) is 0 Å². The number of benzene rings is 2. The van der Waals surface area contributed by atoms with Crippen molar-refractivity contribution in [3.63, 3.8) is 0 Å². The van der Waals surface area contributed by atoms with E-state index in [-0.39, 0.29) is 11.5 Å². The molecule has 0 saturated carbocycles. The highest BCUT2D eigenvalue weighted by molar-refractivity contribution is 6.27. The van der Waals surface area contributed by atoms with E-state index in [4.69, 9.17) is 19.8 Å². The van der Waals surface area contributed by atoms with Gasteiger partial charge < -0.3 is 15.3 Å². The molecule has 2 rings (SSSR count). The van der Waals surface area contributed by atoms with E-state index in [2.05, 4.69) is 0 Å². The largest absolute Gasteiger partial charge is 0.507 e. The fraction of sp³-hybridized carbons (Fsp3) is 0.118. The standard InChI is InChI=1S/C13H10O2.C2H2O4.C2H6/c14-12-9-5-4-8-11(12)13(15)10-6-2-1-3-7-10;3-1(4)2(5)6;1-2/h1-9,14H;(H,3,4)(H,5,6);1-2H3. The van der Waals surface area contributed by atoms with Gasteiger partial charge in [0.05, 0.1) is 5.56 Å². The molecule has 0 unspecified atom stereocenters. The van der Waals surface area contributed by atoms with Crippen molar-refractivity contribution in [2.45, 2.75) is 13.8 Å². The SMILES string of the molecule is CC.O=C(O)C(=O)O.O=C(c1ccccc1)c1ccccc1O. The first-order chi connectivity index (χ1) is 10.9. The zero-order valence-corrected chi connectivity index (χ0v) is 12.8. The Labute approximate surface area is 133 Å². The Hall–Kier alpha value is -3.15. The average Bonchev–Trinajstić information content (AvgIpc) is 2.58. The minimum Gasteiger partial charge on any atom is -0.507 e. The first kappa shape index (κ1) is 19.9. The number of carbonyl (C=O) groups excluding carboxylic acids is 1. The quantitative estimate of drug-likeness (QED) is 0.580. The van der Waals surface area contributed by atoms with Gasteiger partial charge in [-0.05, 0) is 12.1 Å². The van der Waals surface area contributed by atoms with E-state index in [1.54, 1.807) is 42.5 Å². The first-order valence-corrected chi connectivity index (χ1v) is 6.77. The van der Waals surface area contributed by atoms with Crippen LogP contribution in [-0.4, -0.2) is 33.0 Å². The number of ketones is 1. The van der Waals surface area contributed by atoms with Crippen molar-refractivity contribution >= 4 is 17.7 Å². The van der Waals surface area contributed by atoms with Gasteiger partial charge in [0.2, 0.25) is 0 Å². The number of rotatable bonds is 2. The third kappa shape index (κ3) is 6.90. The Morgan fingerprint density at radius 2 is 1.17 bits per heavy atom. The number of aromatic hydroxyl groups is 1. The van der Waals surface area contributed by atoms with Crippen LogP contribution >= 0.6 is 0 Å². The van der Waals surface area contributed by atoms with Crippen LogP contribution in [0.2, 0.25) is 0 Å². The van der Waals surface area contributed by atoms with Crippen LogP contribution in [0, 0.1) is 0 Å². The number of carbonyl (C=O) groups is 3. The van der Waals surface area contributed by atoms with Crippen LogP contribution in [0.1, 0.15) is 29.8 Å². The minimum absolute atomic E-state index is 0.0198. The van der Waals surface area contributed by atoms with Crippen LogP contribution in [0.15, 0.2) is 54.6 Å². The molecule has 2 aromatic carbocycles. The average molecular weight is 318 g/mol. The van der Waals surface area contributed by atoms with Crippen molar-refractivity contribution in [2.75, 3.05) is 0 Å². The summed E-state index contributed by atoms with van der Waals surface area (Å²) in [6.45, 7) is 4.00. The van der Waals surface area contributed by atoms with Crippen molar-refractivity contribution in [2.24, 2.45) is 0 Å². The Kier molecular flexibility index (Phi) is 9.11. The Morgan fingerprint density at radius 3 is 1.61 bits per heavy atom. The Bertz CT molecular complexity index is 637. The Balaban J connectivity index is 0.000000515. The van der Waals surface area contributed by atoms with Gasteiger partial charge >= 0.3 is 11.9 Å². The number of carboxylic acid groups (broad SMARTS) is 2. The summed E-state index contributed by atoms with van der Waals surface area (Å²) in [6, 6.07) is 15.5. The van der Waals surface area contributed by atoms with Gasteiger partial charge in [0.1, 0.15) is 5.75 Å². The topological polar surface area (TPSA) is 112 Å². The minimum atomic E-state index is -1.82. The maximum Gasteiger partial charge on any atom is 0.414 e. The van der Waals surface area contributed by atoms with Crippen molar-refractivity contribution in [3.8, 4) is 5.75 Å². The van der Waals surface area contributed by atoms with E-state index in [0.717, 1.165) is 0 Å². The number of phenolic OH excluding ortho intramolecular Hbond substituents is 1. The fourth-order valence-electron chi connectivity index (χ4n) is 1.41. The molecule has 2 aromatic rings. The van der Waals surface area contributed by atoms with Gasteiger partial charge in [0.15, 0.2) is 5.78 Å². The van der Waals surface area contributed by atoms with E-state index in [0.29, 0.717) is 11.1 Å². The number of phenols is 1. The smallest absolute Gasteiger partial charge is 0.414 e. The highest BCUT2D eigenvalue weighted by Gasteiger charge is 2.11. The molecule has 0 aliphatic rings. The number of hydrogen-bond donors (Lipinski definition) is 3. The third-order valence-corrected chi connectivity index (χ3v) is 2.37. The number of para-hydroxylation sites is 1.